The van der Waals surface area contributed by atoms with E-state index in [1.165, 1.54) is 103 Å². The van der Waals surface area contributed by atoms with Gasteiger partial charge in [-0.3, -0.25) is 9.59 Å². The Hall–Kier alpha value is -1.76. The normalized spacial score (nSPS) is 12.5. The summed E-state index contributed by atoms with van der Waals surface area (Å²) < 4.78 is 11.8. The lowest BCUT2D eigenvalue weighted by atomic mass is 9.94. The van der Waals surface area contributed by atoms with Crippen LogP contribution in [0, 0.1) is 11.8 Å². The first-order chi connectivity index (χ1) is 25.3. The molecular weight excluding hydrogens is 647 g/mol. The van der Waals surface area contributed by atoms with Crippen molar-refractivity contribution in [3.8, 4) is 0 Å². The number of ether oxygens (including phenoxy) is 2. The van der Waals surface area contributed by atoms with Gasteiger partial charge in [-0.15, -0.1) is 0 Å². The summed E-state index contributed by atoms with van der Waals surface area (Å²) in [6.07, 6.45) is 30.8. The lowest BCUT2D eigenvalue weighted by Gasteiger charge is -2.28. The van der Waals surface area contributed by atoms with Gasteiger partial charge in [-0.1, -0.05) is 163 Å². The van der Waals surface area contributed by atoms with Crippen molar-refractivity contribution in [1.29, 1.82) is 0 Å². The molecule has 2 unspecified atom stereocenters. The molecule has 0 aliphatic carbocycles. The quantitative estimate of drug-likeness (QED) is 0.0496. The molecule has 0 rings (SSSR count). The molecule has 7 heteroatoms. The van der Waals surface area contributed by atoms with Crippen LogP contribution in [-0.2, 0) is 19.1 Å². The molecule has 0 bridgehead atoms. The number of unbranched alkanes of at least 4 members (excludes halogenated alkanes) is 16. The van der Waals surface area contributed by atoms with Gasteiger partial charge >= 0.3 is 11.9 Å². The van der Waals surface area contributed by atoms with E-state index in [1.807, 2.05) is 0 Å². The molecule has 7 nitrogen and oxygen atoms in total. The maximum Gasteiger partial charge on any atom is 0.308 e. The molecule has 308 valence electrons. The van der Waals surface area contributed by atoms with Crippen LogP contribution in [0.2, 0.25) is 0 Å². The van der Waals surface area contributed by atoms with Crippen LogP contribution in [-0.4, -0.2) is 75.2 Å². The predicted octanol–water partition coefficient (Wildman–Crippen LogP) is 11.8. The summed E-state index contributed by atoms with van der Waals surface area (Å²) in [7, 11) is 4.19. The molecule has 0 aromatic heterocycles. The minimum absolute atomic E-state index is 0.00522. The van der Waals surface area contributed by atoms with Crippen molar-refractivity contribution in [2.75, 3.05) is 53.5 Å². The molecule has 0 amide bonds. The van der Waals surface area contributed by atoms with Crippen molar-refractivity contribution in [2.45, 2.75) is 201 Å². The van der Waals surface area contributed by atoms with E-state index in [0.717, 1.165) is 103 Å². The van der Waals surface area contributed by atoms with E-state index in [1.54, 1.807) is 0 Å². The van der Waals surface area contributed by atoms with Gasteiger partial charge in [-0.05, 0) is 65.6 Å². The molecule has 0 aliphatic heterocycles. The number of carbonyl (C=O) groups excluding carboxylic acids is 2. The topological polar surface area (TPSA) is 71.1 Å². The number of esters is 2. The highest BCUT2D eigenvalue weighted by molar-refractivity contribution is 5.72. The molecule has 0 heterocycles. The monoisotopic (exact) mass is 736 g/mol. The highest BCUT2D eigenvalue weighted by Crippen LogP contribution is 2.22. The average molecular weight is 736 g/mol. The largest absolute Gasteiger partial charge is 0.465 e. The van der Waals surface area contributed by atoms with Crippen molar-refractivity contribution in [3.63, 3.8) is 0 Å². The van der Waals surface area contributed by atoms with Gasteiger partial charge in [-0.2, -0.15) is 0 Å². The SMILES string of the molecule is C=C(NCCCN(C)C)N(CCCOC(=O)C(CCCCCC)CCCCCCCC)CCCOC(=O)C(CCCCCC)CCCCCCCC. The van der Waals surface area contributed by atoms with Crippen LogP contribution in [0.5, 0.6) is 0 Å². The highest BCUT2D eigenvalue weighted by atomic mass is 16.5. The van der Waals surface area contributed by atoms with E-state index in [9.17, 15) is 9.59 Å². The number of hydrogen-bond acceptors (Lipinski definition) is 7. The molecule has 0 spiro atoms. The second-order valence-electron chi connectivity index (χ2n) is 15.8. The fraction of sp³-hybridized carbons (Fsp3) is 0.911. The first-order valence-electron chi connectivity index (χ1n) is 22.5. The van der Waals surface area contributed by atoms with E-state index < -0.39 is 0 Å². The van der Waals surface area contributed by atoms with Gasteiger partial charge in [0.15, 0.2) is 0 Å². The van der Waals surface area contributed by atoms with Crippen LogP contribution in [0.3, 0.4) is 0 Å². The Kier molecular flexibility index (Phi) is 36.3. The van der Waals surface area contributed by atoms with Crippen LogP contribution >= 0.6 is 0 Å². The Morgan fingerprint density at radius 1 is 0.500 bits per heavy atom. The third kappa shape index (κ3) is 30.7. The van der Waals surface area contributed by atoms with Crippen LogP contribution in [0.1, 0.15) is 201 Å². The molecule has 0 aliphatic rings. The van der Waals surface area contributed by atoms with Gasteiger partial charge < -0.3 is 24.6 Å². The van der Waals surface area contributed by atoms with Crippen LogP contribution in [0.4, 0.5) is 0 Å². The highest BCUT2D eigenvalue weighted by Gasteiger charge is 2.21. The van der Waals surface area contributed by atoms with Crippen molar-refractivity contribution < 1.29 is 19.1 Å². The van der Waals surface area contributed by atoms with Crippen molar-refractivity contribution in [3.05, 3.63) is 12.4 Å². The smallest absolute Gasteiger partial charge is 0.308 e. The summed E-state index contributed by atoms with van der Waals surface area (Å²) in [5, 5.41) is 3.51. The summed E-state index contributed by atoms with van der Waals surface area (Å²) in [6.45, 7) is 17.6. The van der Waals surface area contributed by atoms with E-state index in [-0.39, 0.29) is 23.8 Å². The summed E-state index contributed by atoms with van der Waals surface area (Å²) in [5.74, 6) is 0.936. The molecule has 0 saturated heterocycles. The maximum absolute atomic E-state index is 13.2. The van der Waals surface area contributed by atoms with Gasteiger partial charge in [0.05, 0.1) is 30.9 Å². The zero-order valence-corrected chi connectivity index (χ0v) is 35.7. The molecule has 0 aromatic rings. The van der Waals surface area contributed by atoms with Gasteiger partial charge in [-0.25, -0.2) is 0 Å². The number of rotatable bonds is 40. The second kappa shape index (κ2) is 37.6. The molecule has 2 atom stereocenters. The summed E-state index contributed by atoms with van der Waals surface area (Å²) >= 11 is 0. The number of hydrogen-bond donors (Lipinski definition) is 1. The number of carbonyl (C=O) groups is 2. The zero-order valence-electron chi connectivity index (χ0n) is 35.7. The molecule has 0 fully saturated rings. The van der Waals surface area contributed by atoms with Crippen molar-refractivity contribution in [2.24, 2.45) is 11.8 Å². The third-order valence-corrected chi connectivity index (χ3v) is 10.4. The minimum Gasteiger partial charge on any atom is -0.465 e. The number of nitrogens with zero attached hydrogens (tertiary/aromatic N) is 2. The van der Waals surface area contributed by atoms with Gasteiger partial charge in [0.25, 0.3) is 0 Å². The molecule has 0 saturated carbocycles. The lowest BCUT2D eigenvalue weighted by Crippen LogP contribution is -2.35. The maximum atomic E-state index is 13.2. The Morgan fingerprint density at radius 2 is 0.846 bits per heavy atom. The summed E-state index contributed by atoms with van der Waals surface area (Å²) in [5.41, 5.74) is 0. The van der Waals surface area contributed by atoms with E-state index in [2.05, 4.69) is 63.5 Å². The Balaban J connectivity index is 5.04. The molecule has 0 radical (unpaired) electrons. The van der Waals surface area contributed by atoms with E-state index in [4.69, 9.17) is 9.47 Å². The molecule has 0 aromatic carbocycles. The first-order valence-corrected chi connectivity index (χ1v) is 22.5. The van der Waals surface area contributed by atoms with Gasteiger partial charge in [0, 0.05) is 19.6 Å². The van der Waals surface area contributed by atoms with Crippen molar-refractivity contribution in [1.82, 2.24) is 15.1 Å². The van der Waals surface area contributed by atoms with Crippen LogP contribution in [0.15, 0.2) is 12.4 Å². The first kappa shape index (κ1) is 50.2. The second-order valence-corrected chi connectivity index (χ2v) is 15.8. The van der Waals surface area contributed by atoms with Crippen LogP contribution in [0.25, 0.3) is 0 Å². The summed E-state index contributed by atoms with van der Waals surface area (Å²) in [6, 6.07) is 0. The molecule has 52 heavy (non-hydrogen) atoms. The number of nitrogens with one attached hydrogen (secondary N) is 1. The third-order valence-electron chi connectivity index (χ3n) is 10.4. The minimum atomic E-state index is -0.00522. The average Bonchev–Trinajstić information content (AvgIpc) is 3.13. The van der Waals surface area contributed by atoms with E-state index >= 15 is 0 Å². The lowest BCUT2D eigenvalue weighted by molar-refractivity contribution is -0.150. The van der Waals surface area contributed by atoms with Gasteiger partial charge in [0.2, 0.25) is 0 Å². The molecular formula is C45H89N3O4. The summed E-state index contributed by atoms with van der Waals surface area (Å²) in [4.78, 5) is 30.9. The Labute approximate surface area is 324 Å². The predicted molar refractivity (Wildman–Crippen MR) is 224 cm³/mol. The fourth-order valence-electron chi connectivity index (χ4n) is 6.95. The Morgan fingerprint density at radius 3 is 1.21 bits per heavy atom. The standard InChI is InChI=1S/C45H89N3O4/c1-8-12-16-20-22-26-33-42(31-24-18-14-10-3)44(49)51-39-29-37-48(41(5)46-35-28-36-47(6)7)38-30-40-52-45(50)43(32-25-19-15-11-4)34-27-23-21-17-13-9-2/h42-43,46H,5,8-40H2,1-4,6-7H3. The molecule has 1 N–H and O–H groups in total. The van der Waals surface area contributed by atoms with Crippen LogP contribution < -0.4 is 5.32 Å². The van der Waals surface area contributed by atoms with Crippen molar-refractivity contribution >= 4 is 11.9 Å². The van der Waals surface area contributed by atoms with E-state index in [0.29, 0.717) is 13.2 Å². The zero-order chi connectivity index (χ0) is 38.5. The Bertz CT molecular complexity index is 768. The van der Waals surface area contributed by atoms with Gasteiger partial charge in [0.1, 0.15) is 0 Å². The fourth-order valence-corrected chi connectivity index (χ4v) is 6.95.